The van der Waals surface area contributed by atoms with E-state index in [1.165, 1.54) is 0 Å². The Morgan fingerprint density at radius 1 is 1.19 bits per heavy atom. The Morgan fingerprint density at radius 2 is 1.89 bits per heavy atom. The predicted octanol–water partition coefficient (Wildman–Crippen LogP) is 3.01. The summed E-state index contributed by atoms with van der Waals surface area (Å²) in [6.07, 6.45) is 5.34. The quantitative estimate of drug-likeness (QED) is 0.339. The van der Waals surface area contributed by atoms with Gasteiger partial charge in [0.05, 0.1) is 6.10 Å². The molecule has 0 saturated carbocycles. The lowest BCUT2D eigenvalue weighted by molar-refractivity contribution is -0.129. The lowest BCUT2D eigenvalue weighted by atomic mass is 9.78. The van der Waals surface area contributed by atoms with Crippen LogP contribution in [0.15, 0.2) is 4.99 Å². The summed E-state index contributed by atoms with van der Waals surface area (Å²) in [6.45, 7) is 13.7. The number of amides is 1. The molecule has 2 aliphatic heterocycles. The van der Waals surface area contributed by atoms with Crippen molar-refractivity contribution in [3.63, 3.8) is 0 Å². The number of carbonyl (C=O) groups excluding carboxylic acids is 1. The molecule has 0 bridgehead atoms. The molecule has 0 spiro atoms. The predicted molar refractivity (Wildman–Crippen MR) is 122 cm³/mol. The van der Waals surface area contributed by atoms with Crippen LogP contribution in [-0.4, -0.2) is 62.2 Å². The van der Waals surface area contributed by atoms with Crippen LogP contribution < -0.4 is 10.6 Å². The summed E-state index contributed by atoms with van der Waals surface area (Å²) in [6, 6.07) is 0. The van der Waals surface area contributed by atoms with Crippen LogP contribution >= 0.6 is 24.0 Å². The molecule has 158 valence electrons. The van der Waals surface area contributed by atoms with Gasteiger partial charge in [-0.3, -0.25) is 9.79 Å². The molecule has 0 aliphatic carbocycles. The van der Waals surface area contributed by atoms with Gasteiger partial charge in [-0.25, -0.2) is 0 Å². The summed E-state index contributed by atoms with van der Waals surface area (Å²) in [5, 5.41) is 6.61. The Labute approximate surface area is 182 Å². The Hall–Kier alpha value is -0.570. The van der Waals surface area contributed by atoms with E-state index in [4.69, 9.17) is 9.73 Å². The maximum absolute atomic E-state index is 12.2. The number of rotatable bonds is 6. The molecule has 2 unspecified atom stereocenters. The Kier molecular flexibility index (Phi) is 11.0. The number of aliphatic imine (C=N–C) groups is 1. The molecule has 27 heavy (non-hydrogen) atoms. The van der Waals surface area contributed by atoms with Crippen LogP contribution in [0.25, 0.3) is 0 Å². The number of halogens is 1. The first-order chi connectivity index (χ1) is 12.4. The van der Waals surface area contributed by atoms with Gasteiger partial charge >= 0.3 is 0 Å². The summed E-state index contributed by atoms with van der Waals surface area (Å²) < 4.78 is 6.06. The van der Waals surface area contributed by atoms with Gasteiger partial charge in [-0.2, -0.15) is 0 Å². The Balaban J connectivity index is 0.00000364. The van der Waals surface area contributed by atoms with Crippen molar-refractivity contribution >= 4 is 35.8 Å². The van der Waals surface area contributed by atoms with E-state index in [-0.39, 0.29) is 41.4 Å². The minimum absolute atomic E-state index is 0. The maximum Gasteiger partial charge on any atom is 0.224 e. The number of nitrogens with one attached hydrogen (secondary N) is 2. The zero-order valence-electron chi connectivity index (χ0n) is 17.6. The first-order valence-electron chi connectivity index (χ1n) is 10.3. The molecule has 2 N–H and O–H groups in total. The molecule has 6 nitrogen and oxygen atoms in total. The molecule has 0 aromatic carbocycles. The Bertz CT molecular complexity index is 473. The summed E-state index contributed by atoms with van der Waals surface area (Å²) >= 11 is 0. The van der Waals surface area contributed by atoms with E-state index in [0.29, 0.717) is 18.9 Å². The van der Waals surface area contributed by atoms with E-state index in [9.17, 15) is 4.79 Å². The van der Waals surface area contributed by atoms with E-state index >= 15 is 0 Å². The van der Waals surface area contributed by atoms with Gasteiger partial charge in [0.2, 0.25) is 5.91 Å². The molecule has 2 saturated heterocycles. The van der Waals surface area contributed by atoms with Gasteiger partial charge in [-0.15, -0.1) is 24.0 Å². The third-order valence-electron chi connectivity index (χ3n) is 5.22. The zero-order chi connectivity index (χ0) is 19.0. The maximum atomic E-state index is 12.2. The molecule has 7 heteroatoms. The smallest absolute Gasteiger partial charge is 0.224 e. The number of hydrogen-bond acceptors (Lipinski definition) is 3. The van der Waals surface area contributed by atoms with Crippen LogP contribution in [-0.2, 0) is 9.53 Å². The van der Waals surface area contributed by atoms with Crippen LogP contribution in [0.2, 0.25) is 0 Å². The van der Waals surface area contributed by atoms with Gasteiger partial charge in [-0.1, -0.05) is 20.8 Å². The highest BCUT2D eigenvalue weighted by atomic mass is 127. The fourth-order valence-electron chi connectivity index (χ4n) is 3.95. The lowest BCUT2D eigenvalue weighted by Gasteiger charge is -2.39. The molecule has 1 amide bonds. The lowest BCUT2D eigenvalue weighted by Crippen LogP contribution is -2.43. The minimum Gasteiger partial charge on any atom is -0.377 e. The van der Waals surface area contributed by atoms with Gasteiger partial charge in [0.25, 0.3) is 0 Å². The van der Waals surface area contributed by atoms with Crippen molar-refractivity contribution in [2.24, 2.45) is 16.3 Å². The summed E-state index contributed by atoms with van der Waals surface area (Å²) in [5.41, 5.74) is 0.133. The van der Waals surface area contributed by atoms with Crippen LogP contribution in [0.4, 0.5) is 0 Å². The highest BCUT2D eigenvalue weighted by Crippen LogP contribution is 2.34. The van der Waals surface area contributed by atoms with Gasteiger partial charge in [-0.05, 0) is 38.0 Å². The average molecular weight is 494 g/mol. The molecular formula is C20H39IN4O2. The summed E-state index contributed by atoms with van der Waals surface area (Å²) in [7, 11) is 0. The molecule has 2 rings (SSSR count). The number of likely N-dealkylation sites (tertiary alicyclic amines) is 1. The van der Waals surface area contributed by atoms with Crippen molar-refractivity contribution in [1.29, 1.82) is 0 Å². The Morgan fingerprint density at radius 3 is 2.52 bits per heavy atom. The van der Waals surface area contributed by atoms with E-state index in [0.717, 1.165) is 64.4 Å². The van der Waals surface area contributed by atoms with Crippen LogP contribution in [0, 0.1) is 11.3 Å². The third-order valence-corrected chi connectivity index (χ3v) is 5.22. The van der Waals surface area contributed by atoms with E-state index in [1.54, 1.807) is 0 Å². The number of guanidine groups is 1. The summed E-state index contributed by atoms with van der Waals surface area (Å²) in [5.74, 6) is 1.50. The van der Waals surface area contributed by atoms with E-state index in [2.05, 4.69) is 38.3 Å². The van der Waals surface area contributed by atoms with E-state index in [1.807, 2.05) is 4.90 Å². The van der Waals surface area contributed by atoms with Crippen LogP contribution in [0.3, 0.4) is 0 Å². The standard InChI is InChI=1S/C20H38N4O2.HI/c1-5-21-19(22-11-10-17(25)24-12-6-7-13-24)23-15-16-9-8-14-26-18(16)20(2,3)4;/h16,18H,5-15H2,1-4H3,(H2,21,22,23);1H. The van der Waals surface area contributed by atoms with Crippen molar-refractivity contribution < 1.29 is 9.53 Å². The first kappa shape index (κ1) is 24.5. The highest BCUT2D eigenvalue weighted by Gasteiger charge is 2.35. The second-order valence-corrected chi connectivity index (χ2v) is 8.54. The van der Waals surface area contributed by atoms with Gasteiger partial charge < -0.3 is 20.3 Å². The normalized spacial score (nSPS) is 23.7. The molecule has 2 atom stereocenters. The molecular weight excluding hydrogens is 455 g/mol. The minimum atomic E-state index is 0. The van der Waals surface area contributed by atoms with E-state index < -0.39 is 0 Å². The van der Waals surface area contributed by atoms with Crippen molar-refractivity contribution in [3.05, 3.63) is 0 Å². The number of hydrogen-bond donors (Lipinski definition) is 2. The fraction of sp³-hybridized carbons (Fsp3) is 0.900. The number of carbonyl (C=O) groups is 1. The summed E-state index contributed by atoms with van der Waals surface area (Å²) in [4.78, 5) is 18.9. The van der Waals surface area contributed by atoms with Crippen molar-refractivity contribution in [1.82, 2.24) is 15.5 Å². The SMILES string of the molecule is CCNC(=NCC1CCCOC1C(C)(C)C)NCCC(=O)N1CCCC1.I. The molecule has 2 heterocycles. The highest BCUT2D eigenvalue weighted by molar-refractivity contribution is 14.0. The number of nitrogens with zero attached hydrogens (tertiary/aromatic N) is 2. The van der Waals surface area contributed by atoms with Crippen LogP contribution in [0.5, 0.6) is 0 Å². The third kappa shape index (κ3) is 8.13. The van der Waals surface area contributed by atoms with Gasteiger partial charge in [0.1, 0.15) is 0 Å². The molecule has 0 aromatic heterocycles. The molecule has 2 fully saturated rings. The van der Waals surface area contributed by atoms with Crippen molar-refractivity contribution in [3.8, 4) is 0 Å². The molecule has 2 aliphatic rings. The van der Waals surface area contributed by atoms with Gasteiger partial charge in [0.15, 0.2) is 5.96 Å². The number of ether oxygens (including phenoxy) is 1. The average Bonchev–Trinajstić information content (AvgIpc) is 3.13. The monoisotopic (exact) mass is 494 g/mol. The second-order valence-electron chi connectivity index (χ2n) is 8.54. The van der Waals surface area contributed by atoms with Gasteiger partial charge in [0, 0.05) is 51.7 Å². The largest absolute Gasteiger partial charge is 0.377 e. The topological polar surface area (TPSA) is 66.0 Å². The second kappa shape index (κ2) is 12.1. The zero-order valence-corrected chi connectivity index (χ0v) is 19.9. The van der Waals surface area contributed by atoms with Crippen molar-refractivity contribution in [2.45, 2.75) is 65.9 Å². The van der Waals surface area contributed by atoms with Crippen molar-refractivity contribution in [2.75, 3.05) is 39.3 Å². The molecule has 0 aromatic rings. The first-order valence-corrected chi connectivity index (χ1v) is 10.3. The fourth-order valence-corrected chi connectivity index (χ4v) is 3.95. The molecule has 0 radical (unpaired) electrons. The van der Waals surface area contributed by atoms with Crippen LogP contribution in [0.1, 0.15) is 59.8 Å².